The fraction of sp³-hybridized carbons (Fsp3) is 0.102. The number of ketones is 1. The largest absolute Gasteiger partial charge is 0.507 e. The van der Waals surface area contributed by atoms with Gasteiger partial charge >= 0.3 is 0 Å². The molecule has 0 atom stereocenters. The number of hydrogen-bond acceptors (Lipinski definition) is 3. The van der Waals surface area contributed by atoms with Crippen LogP contribution in [-0.2, 0) is 20.1 Å². The Kier molecular flexibility index (Phi) is 11.5. The predicted molar refractivity (Wildman–Crippen MR) is 227 cm³/mol. The molecule has 8 rings (SSSR count). The minimum Gasteiger partial charge on any atom is -0.507 e. The molecular weight excluding hydrogens is 855 g/mol. The van der Waals surface area contributed by atoms with E-state index < -0.39 is 8.07 Å². The Bertz CT molecular complexity index is 2570. The molecule has 0 unspecified atom stereocenters. The van der Waals surface area contributed by atoms with E-state index in [1.165, 1.54) is 54.9 Å². The topological polar surface area (TPSA) is 50.2 Å². The van der Waals surface area contributed by atoms with Crippen molar-refractivity contribution >= 4 is 57.3 Å². The summed E-state index contributed by atoms with van der Waals surface area (Å²) in [6.45, 7) is 11.5. The van der Waals surface area contributed by atoms with Crippen LogP contribution in [0.5, 0.6) is 0 Å². The maximum atomic E-state index is 11.8. The van der Waals surface area contributed by atoms with Crippen molar-refractivity contribution in [1.82, 2.24) is 4.98 Å². The quantitative estimate of drug-likeness (QED) is 0.0452. The Balaban J connectivity index is 0.000000233. The van der Waals surface area contributed by atoms with E-state index in [1.807, 2.05) is 24.3 Å². The number of aliphatic hydroxyl groups excluding tert-OH is 1. The van der Waals surface area contributed by atoms with E-state index >= 15 is 0 Å². The molecule has 269 valence electrons. The zero-order chi connectivity index (χ0) is 37.1. The molecule has 1 heterocycles. The number of aryl methyl sites for hydroxylation is 2. The molecule has 0 aliphatic carbocycles. The Labute approximate surface area is 332 Å². The molecule has 7 aromatic carbocycles. The summed E-state index contributed by atoms with van der Waals surface area (Å²) >= 11 is 0. The number of nitrogens with zero attached hydrogens (tertiary/aromatic N) is 1. The van der Waals surface area contributed by atoms with Crippen LogP contribution in [0.1, 0.15) is 27.0 Å². The second-order valence-corrected chi connectivity index (χ2v) is 19.7. The van der Waals surface area contributed by atoms with Gasteiger partial charge in [0.2, 0.25) is 0 Å². The number of hydrogen-bond donors (Lipinski definition) is 1. The van der Waals surface area contributed by atoms with Crippen LogP contribution in [0.4, 0.5) is 0 Å². The van der Waals surface area contributed by atoms with E-state index in [9.17, 15) is 9.90 Å². The first-order valence-corrected chi connectivity index (χ1v) is 21.5. The van der Waals surface area contributed by atoms with E-state index in [4.69, 9.17) is 4.98 Å². The Morgan fingerprint density at radius 3 is 1.81 bits per heavy atom. The third-order valence-corrected chi connectivity index (χ3v) is 11.6. The number of carbonyl (C=O) groups excluding carboxylic acids is 1. The maximum Gasteiger partial charge on any atom is 0.189 e. The summed E-state index contributed by atoms with van der Waals surface area (Å²) in [4.78, 5) is 17.0. The van der Waals surface area contributed by atoms with E-state index in [-0.39, 0.29) is 31.6 Å². The van der Waals surface area contributed by atoms with Gasteiger partial charge in [-0.3, -0.25) is 9.78 Å². The predicted octanol–water partition coefficient (Wildman–Crippen LogP) is 12.3. The molecule has 0 saturated carbocycles. The zero-order valence-corrected chi connectivity index (χ0v) is 34.5. The number of benzene rings is 7. The minimum atomic E-state index is -1.51. The smallest absolute Gasteiger partial charge is 0.189 e. The molecule has 0 aliphatic rings. The molecule has 0 saturated heterocycles. The summed E-state index contributed by atoms with van der Waals surface area (Å²) in [5.41, 5.74) is 9.16. The minimum absolute atomic E-state index is 0. The van der Waals surface area contributed by atoms with Crippen molar-refractivity contribution in [3.05, 3.63) is 186 Å². The standard InChI is InChI=1S/C34H30NSi.C15H12O2.Ir/c1-22-16-23(2)18-26(17-22)33-21-31(30-20-27(36(3,4)5)14-15-32(30)35-33)34-28-12-8-6-10-24(28)19-25-11-7-9-13-29(25)34;16-14(12-7-3-1-4-8-12)11-15(17)13-9-5-2-6-10-13;/h6-17,19-21H,1-5H3;1-11,16H;/q-1;;/b;14-11-;. The van der Waals surface area contributed by atoms with Crippen molar-refractivity contribution in [2.75, 3.05) is 0 Å². The monoisotopic (exact) mass is 897 g/mol. The fourth-order valence-electron chi connectivity index (χ4n) is 6.88. The van der Waals surface area contributed by atoms with Crippen LogP contribution in [0.15, 0.2) is 158 Å². The summed E-state index contributed by atoms with van der Waals surface area (Å²) in [7, 11) is -1.51. The van der Waals surface area contributed by atoms with Crippen LogP contribution >= 0.6 is 0 Å². The van der Waals surface area contributed by atoms with E-state index in [0.29, 0.717) is 11.1 Å². The van der Waals surface area contributed by atoms with Crippen LogP contribution in [0.2, 0.25) is 19.6 Å². The van der Waals surface area contributed by atoms with Gasteiger partial charge in [0.05, 0.1) is 13.6 Å². The average molecular weight is 897 g/mol. The molecule has 5 heteroatoms. The van der Waals surface area contributed by atoms with Crippen molar-refractivity contribution in [2.45, 2.75) is 33.5 Å². The van der Waals surface area contributed by atoms with Crippen LogP contribution in [0, 0.1) is 19.9 Å². The van der Waals surface area contributed by atoms with Crippen LogP contribution < -0.4 is 5.19 Å². The van der Waals surface area contributed by atoms with E-state index in [0.717, 1.165) is 22.3 Å². The molecule has 0 aliphatic heterocycles. The Morgan fingerprint density at radius 1 is 0.648 bits per heavy atom. The van der Waals surface area contributed by atoms with Gasteiger partial charge in [-0.15, -0.1) is 34.9 Å². The second kappa shape index (κ2) is 16.3. The van der Waals surface area contributed by atoms with Crippen LogP contribution in [0.3, 0.4) is 0 Å². The van der Waals surface area contributed by atoms with E-state index in [1.54, 1.807) is 36.4 Å². The molecule has 1 aromatic heterocycles. The average Bonchev–Trinajstić information content (AvgIpc) is 3.16. The van der Waals surface area contributed by atoms with Crippen LogP contribution in [-0.4, -0.2) is 23.9 Å². The maximum absolute atomic E-state index is 11.8. The molecule has 8 aromatic rings. The Morgan fingerprint density at radius 2 is 1.22 bits per heavy atom. The van der Waals surface area contributed by atoms with Gasteiger partial charge in [-0.25, -0.2) is 0 Å². The summed E-state index contributed by atoms with van der Waals surface area (Å²) in [6, 6.07) is 54.8. The SMILES string of the molecule is Cc1[c-]c(-c2cc(-c3c4ccccc4cc4ccccc34)c3cc([Si](C)(C)C)ccc3n2)cc(C)c1.O=C(/C=C(\O)c1ccccc1)c1ccccc1.[Ir]. The molecule has 1 radical (unpaired) electrons. The third-order valence-electron chi connectivity index (χ3n) is 9.53. The first kappa shape index (κ1) is 38.3. The molecule has 0 bridgehead atoms. The van der Waals surface area contributed by atoms with E-state index in [2.05, 4.69) is 131 Å². The number of rotatable bonds is 6. The van der Waals surface area contributed by atoms with Crippen molar-refractivity contribution in [2.24, 2.45) is 0 Å². The van der Waals surface area contributed by atoms with Gasteiger partial charge in [-0.05, 0) is 50.5 Å². The number of fused-ring (bicyclic) bond motifs is 3. The molecule has 0 spiro atoms. The van der Waals surface area contributed by atoms with Crippen molar-refractivity contribution in [3.63, 3.8) is 0 Å². The second-order valence-electron chi connectivity index (χ2n) is 14.6. The normalized spacial score (nSPS) is 11.5. The van der Waals surface area contributed by atoms with Crippen LogP contribution in [0.25, 0.3) is 60.6 Å². The summed E-state index contributed by atoms with van der Waals surface area (Å²) in [6.07, 6.45) is 1.24. The van der Waals surface area contributed by atoms with Crippen molar-refractivity contribution in [1.29, 1.82) is 0 Å². The summed E-state index contributed by atoms with van der Waals surface area (Å²) in [5, 5.41) is 17.5. The summed E-state index contributed by atoms with van der Waals surface area (Å²) < 4.78 is 0. The number of carbonyl (C=O) groups is 1. The number of aromatic nitrogens is 1. The number of aliphatic hydroxyl groups is 1. The third kappa shape index (κ3) is 8.35. The molecule has 0 amide bonds. The fourth-order valence-corrected chi connectivity index (χ4v) is 8.04. The van der Waals surface area contributed by atoms with Gasteiger partial charge in [-0.1, -0.05) is 166 Å². The van der Waals surface area contributed by atoms with Gasteiger partial charge in [-0.2, -0.15) is 0 Å². The van der Waals surface area contributed by atoms with Gasteiger partial charge in [0.1, 0.15) is 5.76 Å². The van der Waals surface area contributed by atoms with Crippen molar-refractivity contribution < 1.29 is 30.0 Å². The number of allylic oxidation sites excluding steroid dienone is 1. The van der Waals surface area contributed by atoms with Gasteiger partial charge < -0.3 is 5.11 Å². The van der Waals surface area contributed by atoms with Crippen molar-refractivity contribution in [3.8, 4) is 22.4 Å². The summed E-state index contributed by atoms with van der Waals surface area (Å²) in [5.74, 6) is -0.216. The Hall–Kier alpha value is -5.45. The van der Waals surface area contributed by atoms with Gasteiger partial charge in [0.25, 0.3) is 0 Å². The molecule has 0 fully saturated rings. The molecule has 1 N–H and O–H groups in total. The van der Waals surface area contributed by atoms with Gasteiger partial charge in [0, 0.05) is 42.7 Å². The molecule has 3 nitrogen and oxygen atoms in total. The molecule has 54 heavy (non-hydrogen) atoms. The first-order chi connectivity index (χ1) is 25.5. The zero-order valence-electron chi connectivity index (χ0n) is 31.1. The van der Waals surface area contributed by atoms with Gasteiger partial charge in [0.15, 0.2) is 5.78 Å². The number of pyridine rings is 1. The molecular formula is C49H42IrNO2Si-. The first-order valence-electron chi connectivity index (χ1n) is 18.0.